The lowest BCUT2D eigenvalue weighted by molar-refractivity contribution is -0.142. The molecule has 2 amide bonds. The Balaban J connectivity index is 1.55. The summed E-state index contributed by atoms with van der Waals surface area (Å²) in [6, 6.07) is -0.542. The van der Waals surface area contributed by atoms with Gasteiger partial charge in [-0.2, -0.15) is 0 Å². The van der Waals surface area contributed by atoms with E-state index in [1.807, 2.05) is 9.80 Å². The van der Waals surface area contributed by atoms with E-state index in [-0.39, 0.29) is 17.2 Å². The smallest absolute Gasteiger partial charge is 0.239 e. The number of piperidine rings is 2. The Kier molecular flexibility index (Phi) is 5.22. The molecular weight excluding hydrogens is 318 g/mol. The van der Waals surface area contributed by atoms with Crippen molar-refractivity contribution in [3.8, 4) is 0 Å². The Morgan fingerprint density at radius 1 is 1.44 bits per heavy atom. The second kappa shape index (κ2) is 7.39. The first kappa shape index (κ1) is 17.7. The third kappa shape index (κ3) is 3.92. The summed E-state index contributed by atoms with van der Waals surface area (Å²) in [7, 11) is 0. The predicted octanol–water partition coefficient (Wildman–Crippen LogP) is 0.697. The first-order valence-corrected chi connectivity index (χ1v) is 8.93. The second-order valence-corrected chi connectivity index (χ2v) is 7.28. The molecule has 2 aliphatic rings. The molecule has 0 unspecified atom stereocenters. The number of H-pyrrole nitrogens is 1. The van der Waals surface area contributed by atoms with Gasteiger partial charge in [-0.05, 0) is 24.7 Å². The number of nitrogens with zero attached hydrogens (tertiary/aromatic N) is 3. The molecule has 7 nitrogen and oxygen atoms in total. The number of likely N-dealkylation sites (tertiary alicyclic amines) is 2. The summed E-state index contributed by atoms with van der Waals surface area (Å²) in [6.45, 7) is 6.56. The van der Waals surface area contributed by atoms with E-state index >= 15 is 0 Å². The summed E-state index contributed by atoms with van der Waals surface area (Å²) in [5.74, 6) is 0.213. The first-order valence-electron chi connectivity index (χ1n) is 8.93. The van der Waals surface area contributed by atoms with Crippen molar-refractivity contribution in [2.24, 2.45) is 11.1 Å². The van der Waals surface area contributed by atoms with Gasteiger partial charge in [0.1, 0.15) is 0 Å². The van der Waals surface area contributed by atoms with E-state index in [1.54, 1.807) is 18.6 Å². The maximum atomic E-state index is 12.6. The summed E-state index contributed by atoms with van der Waals surface area (Å²) in [5.41, 5.74) is 7.10. The molecule has 0 bridgehead atoms. The van der Waals surface area contributed by atoms with Crippen molar-refractivity contribution in [1.29, 1.82) is 0 Å². The Labute approximate surface area is 148 Å². The minimum Gasteiger partial charge on any atom is -0.348 e. The normalized spacial score (nSPS) is 21.4. The molecule has 1 aromatic rings. The predicted molar refractivity (Wildman–Crippen MR) is 94.5 cm³/mol. The number of rotatable bonds is 5. The van der Waals surface area contributed by atoms with Crippen LogP contribution in [0, 0.1) is 5.41 Å². The van der Waals surface area contributed by atoms with E-state index in [0.717, 1.165) is 31.5 Å². The van der Waals surface area contributed by atoms with Gasteiger partial charge in [-0.25, -0.2) is 4.98 Å². The number of imidazole rings is 1. The Bertz CT molecular complexity index is 619. The lowest BCUT2D eigenvalue weighted by atomic mass is 9.72. The fraction of sp³-hybridized carbons (Fsp3) is 0.611. The number of amides is 2. The molecule has 2 aliphatic heterocycles. The van der Waals surface area contributed by atoms with Crippen LogP contribution in [-0.4, -0.2) is 63.8 Å². The number of aromatic nitrogens is 2. The monoisotopic (exact) mass is 345 g/mol. The third-order valence-electron chi connectivity index (χ3n) is 5.55. The average Bonchev–Trinajstić information content (AvgIpc) is 3.12. The van der Waals surface area contributed by atoms with E-state index in [9.17, 15) is 9.59 Å². The second-order valence-electron chi connectivity index (χ2n) is 7.28. The number of hydrogen-bond donors (Lipinski definition) is 2. The summed E-state index contributed by atoms with van der Waals surface area (Å²) in [5, 5.41) is 0. The molecule has 0 saturated carbocycles. The minimum atomic E-state index is -0.542. The van der Waals surface area contributed by atoms with Crippen LogP contribution in [0.25, 0.3) is 0 Å². The highest BCUT2D eigenvalue weighted by Gasteiger charge is 2.41. The summed E-state index contributed by atoms with van der Waals surface area (Å²) in [4.78, 5) is 35.3. The van der Waals surface area contributed by atoms with Crippen molar-refractivity contribution in [1.82, 2.24) is 19.8 Å². The van der Waals surface area contributed by atoms with Gasteiger partial charge in [0.15, 0.2) is 0 Å². The van der Waals surface area contributed by atoms with Crippen LogP contribution >= 0.6 is 0 Å². The van der Waals surface area contributed by atoms with Crippen molar-refractivity contribution < 1.29 is 9.59 Å². The van der Waals surface area contributed by atoms with Gasteiger partial charge < -0.3 is 20.5 Å². The zero-order valence-electron chi connectivity index (χ0n) is 14.6. The van der Waals surface area contributed by atoms with Crippen molar-refractivity contribution in [3.05, 3.63) is 30.9 Å². The molecule has 1 atom stereocenters. The van der Waals surface area contributed by atoms with E-state index in [1.165, 1.54) is 0 Å². The van der Waals surface area contributed by atoms with Crippen molar-refractivity contribution in [2.75, 3.05) is 26.2 Å². The van der Waals surface area contributed by atoms with Crippen LogP contribution in [0.1, 0.15) is 31.4 Å². The molecule has 136 valence electrons. The number of nitrogens with two attached hydrogens (primary N) is 1. The van der Waals surface area contributed by atoms with Crippen LogP contribution in [0.5, 0.6) is 0 Å². The van der Waals surface area contributed by atoms with Gasteiger partial charge >= 0.3 is 0 Å². The van der Waals surface area contributed by atoms with E-state index < -0.39 is 6.04 Å². The molecule has 7 heteroatoms. The highest BCUT2D eigenvalue weighted by Crippen LogP contribution is 2.40. The lowest BCUT2D eigenvalue weighted by Gasteiger charge is -2.47. The SMILES string of the molecule is C=CCN1CC2(CCC1=O)CCN(C(=O)[C@@H](N)Cc1cnc[nH]1)CC2. The fourth-order valence-electron chi connectivity index (χ4n) is 3.99. The van der Waals surface area contributed by atoms with Crippen LogP contribution in [0.15, 0.2) is 25.2 Å². The number of nitrogens with one attached hydrogen (secondary N) is 1. The zero-order chi connectivity index (χ0) is 17.9. The van der Waals surface area contributed by atoms with Crippen LogP contribution in [0.2, 0.25) is 0 Å². The van der Waals surface area contributed by atoms with Crippen molar-refractivity contribution in [3.63, 3.8) is 0 Å². The molecule has 0 aromatic carbocycles. The highest BCUT2D eigenvalue weighted by atomic mass is 16.2. The number of aromatic amines is 1. The number of hydrogen-bond acceptors (Lipinski definition) is 4. The molecular formula is C18H27N5O2. The number of carbonyl (C=O) groups is 2. The van der Waals surface area contributed by atoms with Gasteiger partial charge in [-0.15, -0.1) is 6.58 Å². The molecule has 3 N–H and O–H groups in total. The van der Waals surface area contributed by atoms with Crippen LogP contribution in [-0.2, 0) is 16.0 Å². The topological polar surface area (TPSA) is 95.3 Å². The lowest BCUT2D eigenvalue weighted by Crippen LogP contribution is -2.54. The maximum Gasteiger partial charge on any atom is 0.239 e. The largest absolute Gasteiger partial charge is 0.348 e. The maximum absolute atomic E-state index is 12.6. The van der Waals surface area contributed by atoms with Gasteiger partial charge in [0.25, 0.3) is 0 Å². The Morgan fingerprint density at radius 2 is 2.20 bits per heavy atom. The van der Waals surface area contributed by atoms with E-state index in [0.29, 0.717) is 32.5 Å². The zero-order valence-corrected chi connectivity index (χ0v) is 14.6. The first-order chi connectivity index (χ1) is 12.0. The molecule has 2 saturated heterocycles. The van der Waals surface area contributed by atoms with Crippen molar-refractivity contribution in [2.45, 2.75) is 38.1 Å². The molecule has 1 aromatic heterocycles. The van der Waals surface area contributed by atoms with Crippen LogP contribution in [0.3, 0.4) is 0 Å². The molecule has 0 aliphatic carbocycles. The van der Waals surface area contributed by atoms with Crippen LogP contribution < -0.4 is 5.73 Å². The quantitative estimate of drug-likeness (QED) is 0.768. The van der Waals surface area contributed by atoms with E-state index in [4.69, 9.17) is 5.73 Å². The molecule has 3 rings (SSSR count). The van der Waals surface area contributed by atoms with E-state index in [2.05, 4.69) is 16.5 Å². The standard InChI is InChI=1S/C18H27N5O2/c1-2-7-23-12-18(4-3-16(23)24)5-8-22(9-6-18)17(25)15(19)10-14-11-20-13-21-14/h2,11,13,15H,1,3-10,12,19H2,(H,20,21)/t15-/m0/s1. The van der Waals surface area contributed by atoms with Gasteiger partial charge in [0, 0.05) is 50.9 Å². The van der Waals surface area contributed by atoms with Crippen molar-refractivity contribution >= 4 is 11.8 Å². The minimum absolute atomic E-state index is 0.000663. The molecule has 1 spiro atoms. The molecule has 3 heterocycles. The van der Waals surface area contributed by atoms with Gasteiger partial charge in [-0.3, -0.25) is 9.59 Å². The fourth-order valence-corrected chi connectivity index (χ4v) is 3.99. The Morgan fingerprint density at radius 3 is 2.84 bits per heavy atom. The summed E-state index contributed by atoms with van der Waals surface area (Å²) >= 11 is 0. The molecule has 25 heavy (non-hydrogen) atoms. The number of carbonyl (C=O) groups excluding carboxylic acids is 2. The summed E-state index contributed by atoms with van der Waals surface area (Å²) < 4.78 is 0. The molecule has 0 radical (unpaired) electrons. The average molecular weight is 345 g/mol. The third-order valence-corrected chi connectivity index (χ3v) is 5.55. The molecule has 2 fully saturated rings. The van der Waals surface area contributed by atoms with Gasteiger partial charge in [0.2, 0.25) is 11.8 Å². The van der Waals surface area contributed by atoms with Gasteiger partial charge in [-0.1, -0.05) is 6.08 Å². The summed E-state index contributed by atoms with van der Waals surface area (Å²) in [6.07, 6.45) is 8.92. The Hall–Kier alpha value is -2.15. The highest BCUT2D eigenvalue weighted by molar-refractivity contribution is 5.82. The van der Waals surface area contributed by atoms with Gasteiger partial charge in [0.05, 0.1) is 12.4 Å². The van der Waals surface area contributed by atoms with Crippen LogP contribution in [0.4, 0.5) is 0 Å².